The Morgan fingerprint density at radius 1 is 1.69 bits per heavy atom. The molecule has 1 heterocycles. The van der Waals surface area contributed by atoms with E-state index in [0.717, 1.165) is 10.4 Å². The highest BCUT2D eigenvalue weighted by atomic mass is 32.1. The second kappa shape index (κ2) is 4.05. The highest BCUT2D eigenvalue weighted by Crippen LogP contribution is 2.24. The van der Waals surface area contributed by atoms with Crippen LogP contribution in [0.15, 0.2) is 18.0 Å². The van der Waals surface area contributed by atoms with E-state index in [1.165, 1.54) is 11.3 Å². The number of allylic oxidation sites excluding steroid dienone is 1. The van der Waals surface area contributed by atoms with Crippen molar-refractivity contribution in [2.45, 2.75) is 6.92 Å². The first-order chi connectivity index (χ1) is 6.20. The second-order valence-corrected chi connectivity index (χ2v) is 3.41. The fourth-order valence-corrected chi connectivity index (χ4v) is 1.96. The molecule has 0 saturated carbocycles. The van der Waals surface area contributed by atoms with Crippen LogP contribution in [0.2, 0.25) is 0 Å². The molecule has 0 radical (unpaired) electrons. The average molecular weight is 193 g/mol. The van der Waals surface area contributed by atoms with Crippen molar-refractivity contribution in [1.29, 1.82) is 0 Å². The Bertz CT molecular complexity index is 363. The molecule has 0 aliphatic carbocycles. The third-order valence-electron chi connectivity index (χ3n) is 1.64. The van der Waals surface area contributed by atoms with Gasteiger partial charge in [-0.3, -0.25) is 4.79 Å². The number of carbonyl (C=O) groups is 1. The summed E-state index contributed by atoms with van der Waals surface area (Å²) in [5.74, 6) is -0.391. The topological polar surface area (TPSA) is 43.1 Å². The van der Waals surface area contributed by atoms with E-state index in [1.807, 2.05) is 19.1 Å². The van der Waals surface area contributed by atoms with Gasteiger partial charge in [-0.1, -0.05) is 24.8 Å². The van der Waals surface area contributed by atoms with Crippen LogP contribution in [-0.4, -0.2) is 5.91 Å². The zero-order valence-corrected chi connectivity index (χ0v) is 8.23. The van der Waals surface area contributed by atoms with Crippen molar-refractivity contribution in [3.05, 3.63) is 34.0 Å². The van der Waals surface area contributed by atoms with Crippen LogP contribution in [0, 0.1) is 0 Å². The molecule has 2 N–H and O–H groups in total. The van der Waals surface area contributed by atoms with Crippen LogP contribution in [0.4, 0.5) is 0 Å². The molecule has 1 aromatic heterocycles. The molecule has 3 heteroatoms. The van der Waals surface area contributed by atoms with E-state index in [9.17, 15) is 4.79 Å². The van der Waals surface area contributed by atoms with E-state index in [-0.39, 0.29) is 0 Å². The zero-order chi connectivity index (χ0) is 9.84. The number of hydrogen-bond donors (Lipinski definition) is 1. The number of rotatable bonds is 3. The van der Waals surface area contributed by atoms with Crippen molar-refractivity contribution >= 4 is 29.4 Å². The van der Waals surface area contributed by atoms with Gasteiger partial charge in [0.15, 0.2) is 0 Å². The molecule has 0 unspecified atom stereocenters. The maximum absolute atomic E-state index is 11.0. The highest BCUT2D eigenvalue weighted by molar-refractivity contribution is 7.11. The Kier molecular flexibility index (Phi) is 3.03. The minimum atomic E-state index is -0.391. The minimum absolute atomic E-state index is 0.391. The smallest absolute Gasteiger partial charge is 0.250 e. The van der Waals surface area contributed by atoms with Crippen LogP contribution in [0.1, 0.15) is 27.7 Å². The molecular formula is C10H11NOS. The van der Waals surface area contributed by atoms with Gasteiger partial charge in [0, 0.05) is 15.8 Å². The molecule has 0 saturated heterocycles. The van der Waals surface area contributed by atoms with E-state index >= 15 is 0 Å². The van der Waals surface area contributed by atoms with E-state index in [4.69, 9.17) is 5.73 Å². The molecule has 0 aliphatic heterocycles. The number of thiophene rings is 1. The number of amides is 1. The average Bonchev–Trinajstić information content (AvgIpc) is 2.48. The van der Waals surface area contributed by atoms with Gasteiger partial charge in [-0.25, -0.2) is 0 Å². The summed E-state index contributed by atoms with van der Waals surface area (Å²) in [5.41, 5.74) is 6.65. The predicted molar refractivity (Wildman–Crippen MR) is 57.6 cm³/mol. The van der Waals surface area contributed by atoms with Crippen LogP contribution in [0.25, 0.3) is 12.2 Å². The van der Waals surface area contributed by atoms with Crippen LogP contribution in [0.3, 0.4) is 0 Å². The maximum atomic E-state index is 11.0. The van der Waals surface area contributed by atoms with E-state index in [2.05, 4.69) is 6.58 Å². The lowest BCUT2D eigenvalue weighted by atomic mass is 10.1. The normalized spacial score (nSPS) is 10.5. The summed E-state index contributed by atoms with van der Waals surface area (Å²) in [6, 6.07) is 0. The summed E-state index contributed by atoms with van der Waals surface area (Å²) in [7, 11) is 0. The van der Waals surface area contributed by atoms with Crippen LogP contribution >= 0.6 is 11.3 Å². The Morgan fingerprint density at radius 2 is 2.38 bits per heavy atom. The van der Waals surface area contributed by atoms with Gasteiger partial charge in [-0.15, -0.1) is 11.3 Å². The fourth-order valence-electron chi connectivity index (χ4n) is 1.07. The maximum Gasteiger partial charge on any atom is 0.250 e. The van der Waals surface area contributed by atoms with Gasteiger partial charge < -0.3 is 5.73 Å². The lowest BCUT2D eigenvalue weighted by Gasteiger charge is -1.94. The third-order valence-corrected chi connectivity index (χ3v) is 2.64. The Morgan fingerprint density at radius 3 is 2.85 bits per heavy atom. The van der Waals surface area contributed by atoms with Crippen molar-refractivity contribution in [2.75, 3.05) is 0 Å². The summed E-state index contributed by atoms with van der Waals surface area (Å²) in [4.78, 5) is 12.0. The predicted octanol–water partition coefficient (Wildman–Crippen LogP) is 2.52. The first-order valence-corrected chi connectivity index (χ1v) is 4.75. The molecule has 0 aromatic carbocycles. The molecule has 0 spiro atoms. The van der Waals surface area contributed by atoms with Crippen molar-refractivity contribution in [1.82, 2.24) is 0 Å². The van der Waals surface area contributed by atoms with Gasteiger partial charge in [-0.2, -0.15) is 0 Å². The molecule has 13 heavy (non-hydrogen) atoms. The monoisotopic (exact) mass is 193 g/mol. The number of primary amides is 1. The largest absolute Gasteiger partial charge is 0.366 e. The van der Waals surface area contributed by atoms with Crippen molar-refractivity contribution in [2.24, 2.45) is 5.73 Å². The minimum Gasteiger partial charge on any atom is -0.366 e. The molecule has 68 valence electrons. The highest BCUT2D eigenvalue weighted by Gasteiger charge is 2.10. The lowest BCUT2D eigenvalue weighted by Crippen LogP contribution is -2.11. The molecular weight excluding hydrogens is 182 g/mol. The standard InChI is InChI=1S/C10H11NOS/c1-3-5-7-8(10(11)12)6-13-9(7)4-2/h3-6H,2H2,1H3,(H2,11,12)/b5-3-. The first-order valence-electron chi connectivity index (χ1n) is 3.87. The molecule has 1 amide bonds. The zero-order valence-electron chi connectivity index (χ0n) is 7.41. The number of hydrogen-bond acceptors (Lipinski definition) is 2. The van der Waals surface area contributed by atoms with Gasteiger partial charge in [0.1, 0.15) is 0 Å². The Labute approximate surface area is 81.4 Å². The molecule has 2 nitrogen and oxygen atoms in total. The first kappa shape index (κ1) is 9.74. The number of nitrogens with two attached hydrogens (primary N) is 1. The van der Waals surface area contributed by atoms with E-state index in [1.54, 1.807) is 11.5 Å². The second-order valence-electron chi connectivity index (χ2n) is 2.50. The van der Waals surface area contributed by atoms with Gasteiger partial charge in [0.25, 0.3) is 0 Å². The van der Waals surface area contributed by atoms with Crippen molar-refractivity contribution in [3.8, 4) is 0 Å². The van der Waals surface area contributed by atoms with Crippen LogP contribution in [-0.2, 0) is 0 Å². The van der Waals surface area contributed by atoms with Crippen molar-refractivity contribution < 1.29 is 4.79 Å². The summed E-state index contributed by atoms with van der Waals surface area (Å²) < 4.78 is 0. The Hall–Kier alpha value is -1.35. The van der Waals surface area contributed by atoms with Crippen LogP contribution < -0.4 is 5.73 Å². The van der Waals surface area contributed by atoms with Crippen molar-refractivity contribution in [3.63, 3.8) is 0 Å². The molecule has 0 atom stereocenters. The molecule has 1 aromatic rings. The Balaban J connectivity index is 3.29. The third kappa shape index (κ3) is 1.87. The van der Waals surface area contributed by atoms with Gasteiger partial charge >= 0.3 is 0 Å². The summed E-state index contributed by atoms with van der Waals surface area (Å²) in [6.45, 7) is 5.57. The fraction of sp³-hybridized carbons (Fsp3) is 0.100. The summed E-state index contributed by atoms with van der Waals surface area (Å²) in [5, 5.41) is 1.76. The van der Waals surface area contributed by atoms with Gasteiger partial charge in [-0.05, 0) is 6.92 Å². The molecule has 0 bridgehead atoms. The number of carbonyl (C=O) groups excluding carboxylic acids is 1. The molecule has 0 fully saturated rings. The summed E-state index contributed by atoms with van der Waals surface area (Å²) in [6.07, 6.45) is 5.47. The lowest BCUT2D eigenvalue weighted by molar-refractivity contribution is 0.100. The summed E-state index contributed by atoms with van der Waals surface area (Å²) >= 11 is 1.47. The van der Waals surface area contributed by atoms with E-state index < -0.39 is 5.91 Å². The SMILES string of the molecule is C=Cc1scc(C(N)=O)c1/C=C\C. The van der Waals surface area contributed by atoms with Gasteiger partial charge in [0.05, 0.1) is 5.56 Å². The molecule has 1 rings (SSSR count). The van der Waals surface area contributed by atoms with E-state index in [0.29, 0.717) is 5.56 Å². The quantitative estimate of drug-likeness (QED) is 0.787. The molecule has 0 aliphatic rings. The van der Waals surface area contributed by atoms with Gasteiger partial charge in [0.2, 0.25) is 5.91 Å². The van der Waals surface area contributed by atoms with Crippen LogP contribution in [0.5, 0.6) is 0 Å².